The van der Waals surface area contributed by atoms with Gasteiger partial charge in [0.2, 0.25) is 5.91 Å². The summed E-state index contributed by atoms with van der Waals surface area (Å²) >= 11 is 1.70. The molecule has 5 nitrogen and oxygen atoms in total. The van der Waals surface area contributed by atoms with Crippen molar-refractivity contribution >= 4 is 33.3 Å². The second-order valence-electron chi connectivity index (χ2n) is 4.99. The van der Waals surface area contributed by atoms with Crippen molar-refractivity contribution in [2.75, 3.05) is 31.1 Å². The van der Waals surface area contributed by atoms with Gasteiger partial charge in [0.15, 0.2) is 0 Å². The molecule has 0 spiro atoms. The lowest BCUT2D eigenvalue weighted by Crippen LogP contribution is -2.48. The topological polar surface area (TPSA) is 49.3 Å². The van der Waals surface area contributed by atoms with Crippen molar-refractivity contribution in [3.8, 4) is 0 Å². The number of aromatic nitrogens is 2. The molecule has 0 unspecified atom stereocenters. The highest BCUT2D eigenvalue weighted by Crippen LogP contribution is 2.30. The summed E-state index contributed by atoms with van der Waals surface area (Å²) in [6.07, 6.45) is 2.22. The Hall–Kier alpha value is -1.69. The predicted molar refractivity (Wildman–Crippen MR) is 81.2 cm³/mol. The first kappa shape index (κ1) is 13.3. The van der Waals surface area contributed by atoms with Gasteiger partial charge in [-0.2, -0.15) is 0 Å². The number of hydrogen-bond acceptors (Lipinski definition) is 5. The van der Waals surface area contributed by atoms with Crippen LogP contribution in [0, 0.1) is 6.92 Å². The maximum Gasteiger partial charge on any atom is 0.222 e. The van der Waals surface area contributed by atoms with Crippen molar-refractivity contribution in [1.82, 2.24) is 14.9 Å². The molecule has 1 fully saturated rings. The first-order chi connectivity index (χ1) is 9.69. The second-order valence-corrected chi connectivity index (χ2v) is 6.23. The molecule has 20 heavy (non-hydrogen) atoms. The van der Waals surface area contributed by atoms with E-state index in [0.717, 1.165) is 42.2 Å². The molecule has 1 aliphatic rings. The zero-order valence-electron chi connectivity index (χ0n) is 11.8. The highest BCUT2D eigenvalue weighted by Gasteiger charge is 2.22. The molecule has 0 bridgehead atoms. The molecule has 3 heterocycles. The standard InChI is InChI=1S/C14H18N4OS/c1-3-12(19)17-4-6-18(7-5-17)13-11-8-10(2)20-14(11)16-9-15-13/h8-9H,3-7H2,1-2H3. The maximum absolute atomic E-state index is 11.7. The zero-order valence-corrected chi connectivity index (χ0v) is 12.6. The normalized spacial score (nSPS) is 15.9. The lowest BCUT2D eigenvalue weighted by atomic mass is 10.2. The van der Waals surface area contributed by atoms with Crippen LogP contribution in [-0.4, -0.2) is 47.0 Å². The van der Waals surface area contributed by atoms with E-state index in [2.05, 4.69) is 27.9 Å². The number of nitrogens with zero attached hydrogens (tertiary/aromatic N) is 4. The van der Waals surface area contributed by atoms with Crippen LogP contribution < -0.4 is 4.90 Å². The molecule has 6 heteroatoms. The van der Waals surface area contributed by atoms with Gasteiger partial charge < -0.3 is 9.80 Å². The molecule has 0 radical (unpaired) electrons. The summed E-state index contributed by atoms with van der Waals surface area (Å²) in [5.74, 6) is 1.24. The number of fused-ring (bicyclic) bond motifs is 1. The average Bonchev–Trinajstić information content (AvgIpc) is 2.86. The van der Waals surface area contributed by atoms with Gasteiger partial charge in [-0.3, -0.25) is 4.79 Å². The summed E-state index contributed by atoms with van der Waals surface area (Å²) < 4.78 is 0. The molecule has 106 valence electrons. The van der Waals surface area contributed by atoms with E-state index in [1.54, 1.807) is 17.7 Å². The van der Waals surface area contributed by atoms with Crippen LogP contribution in [0.15, 0.2) is 12.4 Å². The molecular weight excluding hydrogens is 272 g/mol. The number of hydrogen-bond donors (Lipinski definition) is 0. The Morgan fingerprint density at radius 1 is 1.30 bits per heavy atom. The van der Waals surface area contributed by atoms with Crippen LogP contribution in [0.5, 0.6) is 0 Å². The van der Waals surface area contributed by atoms with Gasteiger partial charge in [-0.25, -0.2) is 9.97 Å². The minimum absolute atomic E-state index is 0.240. The largest absolute Gasteiger partial charge is 0.352 e. The number of thiophene rings is 1. The molecule has 0 saturated carbocycles. The van der Waals surface area contributed by atoms with Gasteiger partial charge in [0.05, 0.1) is 5.39 Å². The summed E-state index contributed by atoms with van der Waals surface area (Å²) in [6, 6.07) is 2.15. The Labute approximate surface area is 122 Å². The van der Waals surface area contributed by atoms with E-state index in [-0.39, 0.29) is 5.91 Å². The lowest BCUT2D eigenvalue weighted by Gasteiger charge is -2.35. The molecule has 0 atom stereocenters. The van der Waals surface area contributed by atoms with E-state index in [1.165, 1.54) is 4.88 Å². The SMILES string of the molecule is CCC(=O)N1CCN(c2ncnc3sc(C)cc23)CC1. The van der Waals surface area contributed by atoms with E-state index in [4.69, 9.17) is 0 Å². The molecule has 1 amide bonds. The highest BCUT2D eigenvalue weighted by atomic mass is 32.1. The Kier molecular flexibility index (Phi) is 3.56. The number of aryl methyl sites for hydroxylation is 1. The van der Waals surface area contributed by atoms with E-state index in [0.29, 0.717) is 6.42 Å². The van der Waals surface area contributed by atoms with Crippen molar-refractivity contribution in [3.63, 3.8) is 0 Å². The smallest absolute Gasteiger partial charge is 0.222 e. The number of anilines is 1. The fourth-order valence-corrected chi connectivity index (χ4v) is 3.45. The molecule has 2 aromatic heterocycles. The molecule has 0 N–H and O–H groups in total. The summed E-state index contributed by atoms with van der Waals surface area (Å²) in [6.45, 7) is 7.24. The number of amides is 1. The minimum Gasteiger partial charge on any atom is -0.352 e. The second kappa shape index (κ2) is 5.36. The van der Waals surface area contributed by atoms with Crippen LogP contribution >= 0.6 is 11.3 Å². The van der Waals surface area contributed by atoms with Crippen molar-refractivity contribution in [2.45, 2.75) is 20.3 Å². The molecule has 3 rings (SSSR count). The Morgan fingerprint density at radius 3 is 2.75 bits per heavy atom. The third-order valence-corrected chi connectivity index (χ3v) is 4.62. The fraction of sp³-hybridized carbons (Fsp3) is 0.500. The average molecular weight is 290 g/mol. The highest BCUT2D eigenvalue weighted by molar-refractivity contribution is 7.18. The lowest BCUT2D eigenvalue weighted by molar-refractivity contribution is -0.131. The van der Waals surface area contributed by atoms with Crippen LogP contribution in [0.2, 0.25) is 0 Å². The molecular formula is C14H18N4OS. The maximum atomic E-state index is 11.7. The molecule has 0 aliphatic carbocycles. The molecule has 0 aromatic carbocycles. The minimum atomic E-state index is 0.240. The van der Waals surface area contributed by atoms with Gasteiger partial charge in [-0.05, 0) is 13.0 Å². The third kappa shape index (κ3) is 2.35. The molecule has 1 saturated heterocycles. The summed E-state index contributed by atoms with van der Waals surface area (Å²) in [7, 11) is 0. The van der Waals surface area contributed by atoms with Gasteiger partial charge in [0, 0.05) is 37.5 Å². The first-order valence-electron chi connectivity index (χ1n) is 6.93. The Bertz CT molecular complexity index is 631. The Morgan fingerprint density at radius 2 is 2.05 bits per heavy atom. The number of piperazine rings is 1. The van der Waals surface area contributed by atoms with E-state index >= 15 is 0 Å². The summed E-state index contributed by atoms with van der Waals surface area (Å²) in [5.41, 5.74) is 0. The van der Waals surface area contributed by atoms with Crippen molar-refractivity contribution in [2.24, 2.45) is 0 Å². The zero-order chi connectivity index (χ0) is 14.1. The van der Waals surface area contributed by atoms with Gasteiger partial charge in [0.1, 0.15) is 17.0 Å². The summed E-state index contributed by atoms with van der Waals surface area (Å²) in [5, 5.41) is 1.13. The van der Waals surface area contributed by atoms with Crippen LogP contribution in [0.4, 0.5) is 5.82 Å². The summed E-state index contributed by atoms with van der Waals surface area (Å²) in [4.78, 5) is 27.0. The van der Waals surface area contributed by atoms with Gasteiger partial charge in [-0.15, -0.1) is 11.3 Å². The van der Waals surface area contributed by atoms with Crippen LogP contribution in [0.1, 0.15) is 18.2 Å². The predicted octanol–water partition coefficient (Wildman–Crippen LogP) is 2.06. The molecule has 1 aliphatic heterocycles. The van der Waals surface area contributed by atoms with E-state index in [9.17, 15) is 4.79 Å². The van der Waals surface area contributed by atoms with Crippen molar-refractivity contribution in [3.05, 3.63) is 17.3 Å². The van der Waals surface area contributed by atoms with Gasteiger partial charge in [0.25, 0.3) is 0 Å². The number of carbonyl (C=O) groups excluding carboxylic acids is 1. The quantitative estimate of drug-likeness (QED) is 0.849. The van der Waals surface area contributed by atoms with E-state index in [1.807, 2.05) is 11.8 Å². The number of rotatable bonds is 2. The van der Waals surface area contributed by atoms with Crippen LogP contribution in [-0.2, 0) is 4.79 Å². The van der Waals surface area contributed by atoms with Crippen molar-refractivity contribution in [1.29, 1.82) is 0 Å². The Balaban J connectivity index is 1.81. The van der Waals surface area contributed by atoms with E-state index < -0.39 is 0 Å². The van der Waals surface area contributed by atoms with Crippen LogP contribution in [0.3, 0.4) is 0 Å². The van der Waals surface area contributed by atoms with Crippen LogP contribution in [0.25, 0.3) is 10.2 Å². The third-order valence-electron chi connectivity index (χ3n) is 3.67. The van der Waals surface area contributed by atoms with Crippen molar-refractivity contribution < 1.29 is 4.79 Å². The molecule has 2 aromatic rings. The van der Waals surface area contributed by atoms with Gasteiger partial charge in [-0.1, -0.05) is 6.92 Å². The monoisotopic (exact) mass is 290 g/mol. The first-order valence-corrected chi connectivity index (χ1v) is 7.74. The van der Waals surface area contributed by atoms with Gasteiger partial charge >= 0.3 is 0 Å². The number of carbonyl (C=O) groups is 1. The fourth-order valence-electron chi connectivity index (χ4n) is 2.61.